The van der Waals surface area contributed by atoms with Gasteiger partial charge in [-0.05, 0) is 32.0 Å². The molecule has 1 aromatic carbocycles. The van der Waals surface area contributed by atoms with Crippen LogP contribution in [0.1, 0.15) is 13.8 Å². The summed E-state index contributed by atoms with van der Waals surface area (Å²) >= 11 is 5.71. The van der Waals surface area contributed by atoms with Crippen molar-refractivity contribution in [2.45, 2.75) is 24.3 Å². The molecule has 18 heavy (non-hydrogen) atoms. The topological polar surface area (TPSA) is 72.2 Å². The van der Waals surface area contributed by atoms with E-state index in [0.29, 0.717) is 0 Å². The lowest BCUT2D eigenvalue weighted by Gasteiger charge is -2.19. The van der Waals surface area contributed by atoms with Crippen LogP contribution < -0.4 is 10.5 Å². The molecular formula is C10H15Cl2FN2O2S. The second-order valence-electron chi connectivity index (χ2n) is 4.39. The molecule has 4 nitrogen and oxygen atoms in total. The number of nitrogens with one attached hydrogen (secondary N) is 1. The maximum Gasteiger partial charge on any atom is 0.242 e. The molecule has 0 aromatic heterocycles. The molecule has 1 rings (SSSR count). The van der Waals surface area contributed by atoms with Gasteiger partial charge in [0.15, 0.2) is 0 Å². The van der Waals surface area contributed by atoms with E-state index in [9.17, 15) is 12.8 Å². The van der Waals surface area contributed by atoms with Gasteiger partial charge in [-0.3, -0.25) is 0 Å². The van der Waals surface area contributed by atoms with E-state index < -0.39 is 21.4 Å². The fourth-order valence-corrected chi connectivity index (χ4v) is 2.77. The van der Waals surface area contributed by atoms with Crippen molar-refractivity contribution in [3.63, 3.8) is 0 Å². The Kier molecular flexibility index (Phi) is 6.03. The van der Waals surface area contributed by atoms with Crippen molar-refractivity contribution >= 4 is 34.0 Å². The molecule has 0 atom stereocenters. The molecule has 0 fully saturated rings. The molecule has 0 aliphatic heterocycles. The third-order valence-corrected chi connectivity index (χ3v) is 3.78. The van der Waals surface area contributed by atoms with Gasteiger partial charge >= 0.3 is 0 Å². The van der Waals surface area contributed by atoms with Crippen LogP contribution in [-0.4, -0.2) is 20.5 Å². The minimum Gasteiger partial charge on any atom is -0.324 e. The van der Waals surface area contributed by atoms with E-state index in [1.165, 1.54) is 6.07 Å². The average molecular weight is 317 g/mol. The maximum atomic E-state index is 13.0. The van der Waals surface area contributed by atoms with Crippen molar-refractivity contribution in [3.05, 3.63) is 29.0 Å². The van der Waals surface area contributed by atoms with E-state index in [4.69, 9.17) is 17.3 Å². The van der Waals surface area contributed by atoms with Crippen LogP contribution in [0.25, 0.3) is 0 Å². The first kappa shape index (κ1) is 17.6. The number of halogens is 3. The molecule has 0 amide bonds. The Morgan fingerprint density at radius 1 is 1.44 bits per heavy atom. The summed E-state index contributed by atoms with van der Waals surface area (Å²) in [4.78, 5) is -0.289. The molecule has 3 N–H and O–H groups in total. The van der Waals surface area contributed by atoms with Crippen molar-refractivity contribution in [1.82, 2.24) is 4.72 Å². The monoisotopic (exact) mass is 316 g/mol. The summed E-state index contributed by atoms with van der Waals surface area (Å²) < 4.78 is 38.9. The van der Waals surface area contributed by atoms with Crippen LogP contribution in [-0.2, 0) is 10.0 Å². The van der Waals surface area contributed by atoms with E-state index in [-0.39, 0.29) is 28.9 Å². The summed E-state index contributed by atoms with van der Waals surface area (Å²) in [7, 11) is -3.85. The van der Waals surface area contributed by atoms with Gasteiger partial charge in [-0.1, -0.05) is 11.6 Å². The maximum absolute atomic E-state index is 13.0. The number of hydrogen-bond acceptors (Lipinski definition) is 3. The normalized spacial score (nSPS) is 12.1. The highest BCUT2D eigenvalue weighted by Crippen LogP contribution is 2.22. The van der Waals surface area contributed by atoms with Gasteiger partial charge in [0.25, 0.3) is 0 Å². The molecule has 0 saturated heterocycles. The predicted octanol–water partition coefficient (Wildman–Crippen LogP) is 1.92. The van der Waals surface area contributed by atoms with Crippen LogP contribution in [0.5, 0.6) is 0 Å². The lowest BCUT2D eigenvalue weighted by atomic mass is 10.1. The number of nitrogens with two attached hydrogens (primary N) is 1. The highest BCUT2D eigenvalue weighted by atomic mass is 35.5. The Balaban J connectivity index is 0.00000289. The van der Waals surface area contributed by atoms with Gasteiger partial charge < -0.3 is 5.73 Å². The zero-order valence-electron chi connectivity index (χ0n) is 9.91. The Morgan fingerprint density at radius 3 is 2.50 bits per heavy atom. The van der Waals surface area contributed by atoms with Crippen molar-refractivity contribution in [2.24, 2.45) is 5.73 Å². The Labute approximate surface area is 117 Å². The number of sulfonamides is 1. The minimum absolute atomic E-state index is 0. The minimum atomic E-state index is -3.85. The van der Waals surface area contributed by atoms with Crippen LogP contribution >= 0.6 is 24.0 Å². The summed E-state index contributed by atoms with van der Waals surface area (Å²) in [5.74, 6) is -0.665. The van der Waals surface area contributed by atoms with Gasteiger partial charge in [0.2, 0.25) is 10.0 Å². The first-order valence-electron chi connectivity index (χ1n) is 4.85. The average Bonchev–Trinajstić information content (AvgIpc) is 2.18. The summed E-state index contributed by atoms with van der Waals surface area (Å²) in [6.07, 6.45) is 0. The summed E-state index contributed by atoms with van der Waals surface area (Å²) in [5, 5.41) is -0.0336. The molecular weight excluding hydrogens is 302 g/mol. The summed E-state index contributed by atoms with van der Waals surface area (Å²) in [5.41, 5.74) is 4.95. The van der Waals surface area contributed by atoms with Gasteiger partial charge in [-0.25, -0.2) is 17.5 Å². The number of benzene rings is 1. The molecule has 8 heteroatoms. The first-order chi connectivity index (χ1) is 7.62. The molecule has 0 radical (unpaired) electrons. The van der Waals surface area contributed by atoms with Gasteiger partial charge in [-0.2, -0.15) is 0 Å². The van der Waals surface area contributed by atoms with Crippen LogP contribution in [0, 0.1) is 5.82 Å². The largest absolute Gasteiger partial charge is 0.324 e. The zero-order valence-corrected chi connectivity index (χ0v) is 12.3. The van der Waals surface area contributed by atoms with E-state index in [1.807, 2.05) is 0 Å². The second kappa shape index (κ2) is 6.16. The molecule has 0 unspecified atom stereocenters. The highest BCUT2D eigenvalue weighted by molar-refractivity contribution is 7.89. The third-order valence-electron chi connectivity index (χ3n) is 1.90. The lowest BCUT2D eigenvalue weighted by molar-refractivity contribution is 0.497. The van der Waals surface area contributed by atoms with E-state index in [1.54, 1.807) is 13.8 Å². The first-order valence-corrected chi connectivity index (χ1v) is 6.71. The standard InChI is InChI=1S/C10H14ClFN2O2S.ClH/c1-10(2,13)6-14-17(15,16)9-5-7(12)3-4-8(9)11;/h3-5,14H,6,13H2,1-2H3;1H. The molecule has 1 aromatic rings. The van der Waals surface area contributed by atoms with Crippen LogP contribution in [0.4, 0.5) is 4.39 Å². The molecule has 104 valence electrons. The number of rotatable bonds is 4. The molecule has 0 heterocycles. The van der Waals surface area contributed by atoms with E-state index in [2.05, 4.69) is 4.72 Å². The predicted molar refractivity (Wildman–Crippen MR) is 72.1 cm³/mol. The SMILES string of the molecule is CC(C)(N)CNS(=O)(=O)c1cc(F)ccc1Cl.Cl. The fourth-order valence-electron chi connectivity index (χ4n) is 1.04. The van der Waals surface area contributed by atoms with E-state index in [0.717, 1.165) is 12.1 Å². The Hall–Kier alpha value is -0.400. The molecule has 0 saturated carbocycles. The summed E-state index contributed by atoms with van der Waals surface area (Å²) in [6, 6.07) is 3.15. The fraction of sp³-hybridized carbons (Fsp3) is 0.400. The smallest absolute Gasteiger partial charge is 0.242 e. The quantitative estimate of drug-likeness (QED) is 0.891. The highest BCUT2D eigenvalue weighted by Gasteiger charge is 2.21. The lowest BCUT2D eigenvalue weighted by Crippen LogP contribution is -2.45. The van der Waals surface area contributed by atoms with Crippen LogP contribution in [0.2, 0.25) is 5.02 Å². The molecule has 0 aliphatic rings. The van der Waals surface area contributed by atoms with Gasteiger partial charge in [-0.15, -0.1) is 12.4 Å². The van der Waals surface area contributed by atoms with E-state index >= 15 is 0 Å². The van der Waals surface area contributed by atoms with Crippen LogP contribution in [0.15, 0.2) is 23.1 Å². The molecule has 0 spiro atoms. The van der Waals surface area contributed by atoms with Gasteiger partial charge in [0.1, 0.15) is 10.7 Å². The summed E-state index contributed by atoms with van der Waals surface area (Å²) in [6.45, 7) is 3.37. The van der Waals surface area contributed by atoms with Gasteiger partial charge in [0, 0.05) is 12.1 Å². The Bertz CT molecular complexity index is 515. The zero-order chi connectivity index (χ0) is 13.3. The van der Waals surface area contributed by atoms with Crippen molar-refractivity contribution in [1.29, 1.82) is 0 Å². The second-order valence-corrected chi connectivity index (χ2v) is 6.53. The van der Waals surface area contributed by atoms with Gasteiger partial charge in [0.05, 0.1) is 5.02 Å². The van der Waals surface area contributed by atoms with Crippen LogP contribution in [0.3, 0.4) is 0 Å². The molecule has 0 bridgehead atoms. The van der Waals surface area contributed by atoms with Crippen molar-refractivity contribution in [3.8, 4) is 0 Å². The molecule has 0 aliphatic carbocycles. The Morgan fingerprint density at radius 2 is 2.00 bits per heavy atom. The number of hydrogen-bond donors (Lipinski definition) is 2. The third kappa shape index (κ3) is 5.07. The van der Waals surface area contributed by atoms with Crippen molar-refractivity contribution in [2.75, 3.05) is 6.54 Å². The van der Waals surface area contributed by atoms with Crippen molar-refractivity contribution < 1.29 is 12.8 Å².